The van der Waals surface area contributed by atoms with Crippen LogP contribution in [0, 0.1) is 5.92 Å². The molecule has 8 heteroatoms. The summed E-state index contributed by atoms with van der Waals surface area (Å²) >= 11 is 0. The van der Waals surface area contributed by atoms with Crippen molar-refractivity contribution in [2.45, 2.75) is 63.1 Å². The minimum absolute atomic E-state index is 0.0784. The van der Waals surface area contributed by atoms with Crippen molar-refractivity contribution in [3.8, 4) is 0 Å². The summed E-state index contributed by atoms with van der Waals surface area (Å²) in [5.41, 5.74) is 3.81. The van der Waals surface area contributed by atoms with Crippen LogP contribution in [-0.2, 0) is 59.6 Å². The van der Waals surface area contributed by atoms with Gasteiger partial charge in [0.2, 0.25) is 5.79 Å². The molecule has 0 saturated carbocycles. The summed E-state index contributed by atoms with van der Waals surface area (Å²) in [5, 5.41) is 12.5. The lowest BCUT2D eigenvalue weighted by atomic mass is 9.83. The molecular formula is C38H40O8. The quantitative estimate of drug-likeness (QED) is 0.181. The molecule has 0 bridgehead atoms. The number of cyclic esters (lactones) is 1. The minimum Gasteiger partial charge on any atom is -0.465 e. The third-order valence-corrected chi connectivity index (χ3v) is 8.41. The van der Waals surface area contributed by atoms with E-state index in [0.717, 1.165) is 22.3 Å². The molecule has 4 aromatic carbocycles. The second-order valence-electron chi connectivity index (χ2n) is 11.7. The maximum Gasteiger partial charge on any atom is 0.314 e. The SMILES string of the molecule is O=C1OCC[C@H]1[C@]1(O)O[C@H](COCc2ccccc2)[C@@H](OCc2ccccc2)[C@H](OCc2ccccc2)[C@H]1OCc1ccccc1. The highest BCUT2D eigenvalue weighted by Gasteiger charge is 2.62. The van der Waals surface area contributed by atoms with E-state index < -0.39 is 42.1 Å². The summed E-state index contributed by atoms with van der Waals surface area (Å²) in [6.07, 6.45) is -3.19. The van der Waals surface area contributed by atoms with Crippen LogP contribution in [0.2, 0.25) is 0 Å². The van der Waals surface area contributed by atoms with E-state index in [1.54, 1.807) is 0 Å². The molecular weight excluding hydrogens is 584 g/mol. The summed E-state index contributed by atoms with van der Waals surface area (Å²) in [6.45, 7) is 1.24. The van der Waals surface area contributed by atoms with E-state index in [2.05, 4.69) is 0 Å². The van der Waals surface area contributed by atoms with E-state index in [1.807, 2.05) is 121 Å². The summed E-state index contributed by atoms with van der Waals surface area (Å²) in [6, 6.07) is 39.1. The molecule has 1 N–H and O–H groups in total. The maximum atomic E-state index is 13.1. The minimum atomic E-state index is -2.07. The molecule has 0 aliphatic carbocycles. The first-order chi connectivity index (χ1) is 22.6. The topological polar surface area (TPSA) is 92.7 Å². The van der Waals surface area contributed by atoms with Crippen molar-refractivity contribution in [2.75, 3.05) is 13.2 Å². The van der Waals surface area contributed by atoms with E-state index >= 15 is 0 Å². The number of hydrogen-bond acceptors (Lipinski definition) is 8. The van der Waals surface area contributed by atoms with Crippen LogP contribution in [0.5, 0.6) is 0 Å². The maximum absolute atomic E-state index is 13.1. The van der Waals surface area contributed by atoms with Crippen molar-refractivity contribution >= 4 is 5.97 Å². The third kappa shape index (κ3) is 7.90. The number of aliphatic hydroxyl groups is 1. The zero-order chi connectivity index (χ0) is 31.6. The van der Waals surface area contributed by atoms with Crippen molar-refractivity contribution in [1.29, 1.82) is 0 Å². The molecule has 2 heterocycles. The van der Waals surface area contributed by atoms with Crippen LogP contribution >= 0.6 is 0 Å². The van der Waals surface area contributed by atoms with Crippen LogP contribution in [-0.4, -0.2) is 54.5 Å². The van der Waals surface area contributed by atoms with E-state index in [9.17, 15) is 9.90 Å². The Bertz CT molecular complexity index is 1490. The fourth-order valence-electron chi connectivity index (χ4n) is 6.04. The largest absolute Gasteiger partial charge is 0.465 e. The number of ether oxygens (including phenoxy) is 6. The fraction of sp³-hybridized carbons (Fsp3) is 0.342. The predicted octanol–water partition coefficient (Wildman–Crippen LogP) is 5.61. The summed E-state index contributed by atoms with van der Waals surface area (Å²) in [5.74, 6) is -3.59. The Balaban J connectivity index is 1.35. The molecule has 46 heavy (non-hydrogen) atoms. The van der Waals surface area contributed by atoms with Crippen molar-refractivity contribution < 1.29 is 38.3 Å². The number of carbonyl (C=O) groups excluding carboxylic acids is 1. The zero-order valence-electron chi connectivity index (χ0n) is 25.7. The van der Waals surface area contributed by atoms with Gasteiger partial charge in [-0.05, 0) is 22.3 Å². The molecule has 2 saturated heterocycles. The molecule has 4 aromatic rings. The average molecular weight is 625 g/mol. The average Bonchev–Trinajstić information content (AvgIpc) is 3.55. The first-order valence-corrected chi connectivity index (χ1v) is 15.8. The van der Waals surface area contributed by atoms with Gasteiger partial charge in [0, 0.05) is 6.42 Å². The lowest BCUT2D eigenvalue weighted by Gasteiger charge is -2.51. The fourth-order valence-corrected chi connectivity index (χ4v) is 6.04. The highest BCUT2D eigenvalue weighted by molar-refractivity contribution is 5.75. The first kappa shape index (κ1) is 32.1. The summed E-state index contributed by atoms with van der Waals surface area (Å²) in [4.78, 5) is 13.1. The van der Waals surface area contributed by atoms with Crippen molar-refractivity contribution in [3.63, 3.8) is 0 Å². The lowest BCUT2D eigenvalue weighted by molar-refractivity contribution is -0.382. The van der Waals surface area contributed by atoms with Gasteiger partial charge in [0.1, 0.15) is 30.3 Å². The van der Waals surface area contributed by atoms with Gasteiger partial charge >= 0.3 is 5.97 Å². The number of carbonyl (C=O) groups is 1. The van der Waals surface area contributed by atoms with Crippen LogP contribution in [0.15, 0.2) is 121 Å². The Kier molecular flexibility index (Phi) is 10.9. The van der Waals surface area contributed by atoms with Gasteiger partial charge in [-0.1, -0.05) is 121 Å². The Morgan fingerprint density at radius 2 is 1.09 bits per heavy atom. The standard InChI is InChI=1S/C38H40O8/c39-37-32(21-22-42-37)38(40)36(45-26-31-19-11-4-12-20-31)35(44-25-30-17-9-3-10-18-30)34(43-24-29-15-7-2-8-16-29)33(46-38)27-41-23-28-13-5-1-6-14-28/h1-20,32-36,40H,21-27H2/t32-,33-,34-,35+,36-,38+/m1/s1. The second kappa shape index (κ2) is 15.6. The second-order valence-corrected chi connectivity index (χ2v) is 11.7. The Hall–Kier alpha value is -3.89. The zero-order valence-corrected chi connectivity index (χ0v) is 25.7. The van der Waals surface area contributed by atoms with E-state index in [1.165, 1.54) is 0 Å². The van der Waals surface area contributed by atoms with Gasteiger partial charge < -0.3 is 33.5 Å². The molecule has 2 fully saturated rings. The molecule has 0 amide bonds. The number of esters is 1. The summed E-state index contributed by atoms with van der Waals surface area (Å²) in [7, 11) is 0. The van der Waals surface area contributed by atoms with Gasteiger partial charge in [-0.25, -0.2) is 0 Å². The monoisotopic (exact) mass is 624 g/mol. The van der Waals surface area contributed by atoms with Crippen LogP contribution in [0.4, 0.5) is 0 Å². The van der Waals surface area contributed by atoms with Gasteiger partial charge in [-0.15, -0.1) is 0 Å². The van der Waals surface area contributed by atoms with Gasteiger partial charge in [0.25, 0.3) is 0 Å². The Labute approximate surface area is 269 Å². The predicted molar refractivity (Wildman–Crippen MR) is 170 cm³/mol. The molecule has 8 nitrogen and oxygen atoms in total. The molecule has 0 aromatic heterocycles. The highest BCUT2D eigenvalue weighted by Crippen LogP contribution is 2.42. The van der Waals surface area contributed by atoms with E-state index in [0.29, 0.717) is 6.61 Å². The van der Waals surface area contributed by atoms with Gasteiger partial charge in [-0.3, -0.25) is 4.79 Å². The van der Waals surface area contributed by atoms with Crippen LogP contribution in [0.3, 0.4) is 0 Å². The first-order valence-electron chi connectivity index (χ1n) is 15.8. The molecule has 0 spiro atoms. The van der Waals surface area contributed by atoms with E-state index in [4.69, 9.17) is 28.4 Å². The van der Waals surface area contributed by atoms with Gasteiger partial charge in [-0.2, -0.15) is 0 Å². The van der Waals surface area contributed by atoms with Crippen LogP contribution in [0.1, 0.15) is 28.7 Å². The molecule has 6 rings (SSSR count). The molecule has 0 radical (unpaired) electrons. The number of rotatable bonds is 14. The van der Waals surface area contributed by atoms with Gasteiger partial charge in [0.15, 0.2) is 0 Å². The normalized spacial score (nSPS) is 26.1. The highest BCUT2D eigenvalue weighted by atomic mass is 16.7. The van der Waals surface area contributed by atoms with Gasteiger partial charge in [0.05, 0.1) is 39.6 Å². The Morgan fingerprint density at radius 3 is 1.57 bits per heavy atom. The van der Waals surface area contributed by atoms with Crippen LogP contribution in [0.25, 0.3) is 0 Å². The molecule has 2 aliphatic rings. The molecule has 240 valence electrons. The lowest BCUT2D eigenvalue weighted by Crippen LogP contribution is -2.70. The number of benzene rings is 4. The van der Waals surface area contributed by atoms with E-state index in [-0.39, 0.29) is 39.5 Å². The van der Waals surface area contributed by atoms with Crippen molar-refractivity contribution in [2.24, 2.45) is 5.92 Å². The van der Waals surface area contributed by atoms with Crippen LogP contribution < -0.4 is 0 Å². The Morgan fingerprint density at radius 1 is 0.630 bits per heavy atom. The van der Waals surface area contributed by atoms with Crippen molar-refractivity contribution in [3.05, 3.63) is 144 Å². The van der Waals surface area contributed by atoms with Crippen molar-refractivity contribution in [1.82, 2.24) is 0 Å². The number of hydrogen-bond donors (Lipinski definition) is 1. The smallest absolute Gasteiger partial charge is 0.314 e. The summed E-state index contributed by atoms with van der Waals surface area (Å²) < 4.78 is 37.8. The molecule has 2 aliphatic heterocycles. The molecule has 6 atom stereocenters. The third-order valence-electron chi connectivity index (χ3n) is 8.41. The molecule has 0 unspecified atom stereocenters.